The molecule has 0 aliphatic heterocycles. The molecule has 11 heavy (non-hydrogen) atoms. The normalized spacial score (nSPS) is 12.3. The fourth-order valence-corrected chi connectivity index (χ4v) is 2.22. The number of hydrogen-bond acceptors (Lipinski definition) is 1. The zero-order valence-corrected chi connectivity index (χ0v) is 9.23. The van der Waals surface area contributed by atoms with Gasteiger partial charge in [-0.1, -0.05) is 33.8 Å². The molecule has 0 saturated heterocycles. The first-order valence-electron chi connectivity index (χ1n) is 4.17. The van der Waals surface area contributed by atoms with Crippen molar-refractivity contribution >= 4 is 15.3 Å². The molecule has 0 amide bonds. The molecule has 0 saturated carbocycles. The highest BCUT2D eigenvalue weighted by molar-refractivity contribution is 6.45. The molecule has 0 fully saturated rings. The number of carbonyl (C=O) groups excluding carboxylic acids is 1. The van der Waals surface area contributed by atoms with E-state index in [0.717, 1.165) is 6.04 Å². The summed E-state index contributed by atoms with van der Waals surface area (Å²) in [6, 6.07) is 0.782. The van der Waals surface area contributed by atoms with Gasteiger partial charge in [0.1, 0.15) is 0 Å². The maximum atomic E-state index is 10.9. The first kappa shape index (κ1) is 10.6. The predicted molar refractivity (Wildman–Crippen MR) is 52.9 cm³/mol. The van der Waals surface area contributed by atoms with Gasteiger partial charge in [0.2, 0.25) is 0 Å². The SMILES string of the molecule is C=CC(=O)C[SiH2]C(C)(C)CC. The van der Waals surface area contributed by atoms with E-state index in [4.69, 9.17) is 0 Å². The van der Waals surface area contributed by atoms with Crippen molar-refractivity contribution in [3.05, 3.63) is 12.7 Å². The molecule has 0 N–H and O–H groups in total. The Morgan fingerprint density at radius 2 is 2.18 bits per heavy atom. The minimum atomic E-state index is -0.240. The molecule has 64 valence electrons. The van der Waals surface area contributed by atoms with Gasteiger partial charge in [-0.25, -0.2) is 0 Å². The van der Waals surface area contributed by atoms with Crippen molar-refractivity contribution in [2.45, 2.75) is 38.3 Å². The number of allylic oxidation sites excluding steroid dienone is 1. The van der Waals surface area contributed by atoms with Gasteiger partial charge in [-0.05, 0) is 17.2 Å². The van der Waals surface area contributed by atoms with Gasteiger partial charge >= 0.3 is 0 Å². The van der Waals surface area contributed by atoms with Crippen LogP contribution in [-0.4, -0.2) is 15.3 Å². The van der Waals surface area contributed by atoms with Crippen LogP contribution in [0.3, 0.4) is 0 Å². The summed E-state index contributed by atoms with van der Waals surface area (Å²) < 4.78 is 0. The molecule has 0 unspecified atom stereocenters. The molecule has 0 heterocycles. The van der Waals surface area contributed by atoms with Crippen LogP contribution in [0, 0.1) is 0 Å². The van der Waals surface area contributed by atoms with Crippen LogP contribution in [0.2, 0.25) is 11.1 Å². The smallest absolute Gasteiger partial charge is 0.151 e. The second kappa shape index (κ2) is 4.49. The van der Waals surface area contributed by atoms with Gasteiger partial charge in [-0.2, -0.15) is 0 Å². The molecule has 0 bridgehead atoms. The summed E-state index contributed by atoms with van der Waals surface area (Å²) in [5, 5.41) is 0.443. The summed E-state index contributed by atoms with van der Waals surface area (Å²) in [7, 11) is -0.240. The average Bonchev–Trinajstić information content (AvgIpc) is 2.00. The van der Waals surface area contributed by atoms with E-state index in [0.29, 0.717) is 5.04 Å². The third-order valence-electron chi connectivity index (χ3n) is 2.23. The van der Waals surface area contributed by atoms with Crippen LogP contribution in [0.1, 0.15) is 27.2 Å². The Morgan fingerprint density at radius 3 is 2.55 bits per heavy atom. The Morgan fingerprint density at radius 1 is 1.64 bits per heavy atom. The molecule has 0 aromatic rings. The third-order valence-corrected chi connectivity index (χ3v) is 4.83. The number of ketones is 1. The van der Waals surface area contributed by atoms with Crippen LogP contribution in [0.25, 0.3) is 0 Å². The predicted octanol–water partition coefficient (Wildman–Crippen LogP) is 1.94. The molecule has 0 spiro atoms. The van der Waals surface area contributed by atoms with Crippen molar-refractivity contribution in [3.63, 3.8) is 0 Å². The quantitative estimate of drug-likeness (QED) is 0.455. The highest BCUT2D eigenvalue weighted by Crippen LogP contribution is 2.27. The Hall–Kier alpha value is -0.373. The zero-order chi connectivity index (χ0) is 8.91. The van der Waals surface area contributed by atoms with E-state index in [9.17, 15) is 4.79 Å². The molecule has 2 heteroatoms. The van der Waals surface area contributed by atoms with Gasteiger partial charge in [0, 0.05) is 9.52 Å². The van der Waals surface area contributed by atoms with Crippen LogP contribution in [0.15, 0.2) is 12.7 Å². The summed E-state index contributed by atoms with van der Waals surface area (Å²) in [6.45, 7) is 10.1. The molecular weight excluding hydrogens is 152 g/mol. The molecule has 0 aliphatic carbocycles. The molecule has 0 rings (SSSR count). The van der Waals surface area contributed by atoms with E-state index in [1.165, 1.54) is 12.5 Å². The molecule has 0 aliphatic rings. The second-order valence-electron chi connectivity index (χ2n) is 3.69. The van der Waals surface area contributed by atoms with Crippen LogP contribution >= 0.6 is 0 Å². The summed E-state index contributed by atoms with van der Waals surface area (Å²) in [5.74, 6) is 0.221. The van der Waals surface area contributed by atoms with Crippen LogP contribution in [-0.2, 0) is 4.79 Å². The first-order chi connectivity index (χ1) is 5.02. The van der Waals surface area contributed by atoms with Crippen LogP contribution in [0.5, 0.6) is 0 Å². The van der Waals surface area contributed by atoms with Crippen molar-refractivity contribution in [2.24, 2.45) is 0 Å². The summed E-state index contributed by atoms with van der Waals surface area (Å²) >= 11 is 0. The van der Waals surface area contributed by atoms with E-state index >= 15 is 0 Å². The maximum absolute atomic E-state index is 10.9. The third kappa shape index (κ3) is 4.96. The van der Waals surface area contributed by atoms with Crippen molar-refractivity contribution in [1.29, 1.82) is 0 Å². The molecule has 1 nitrogen and oxygen atoms in total. The topological polar surface area (TPSA) is 17.1 Å². The van der Waals surface area contributed by atoms with Gasteiger partial charge in [0.25, 0.3) is 0 Å². The summed E-state index contributed by atoms with van der Waals surface area (Å²) in [4.78, 5) is 10.9. The first-order valence-corrected chi connectivity index (χ1v) is 5.88. The summed E-state index contributed by atoms with van der Waals surface area (Å²) in [5.41, 5.74) is 0. The minimum absolute atomic E-state index is 0.221. The largest absolute Gasteiger partial charge is 0.295 e. The average molecular weight is 170 g/mol. The molecule has 0 atom stereocenters. The lowest BCUT2D eigenvalue weighted by molar-refractivity contribution is -0.112. The minimum Gasteiger partial charge on any atom is -0.295 e. The Kier molecular flexibility index (Phi) is 4.34. The lowest BCUT2D eigenvalue weighted by Crippen LogP contribution is -2.14. The van der Waals surface area contributed by atoms with E-state index < -0.39 is 0 Å². The van der Waals surface area contributed by atoms with Gasteiger partial charge in [-0.15, -0.1) is 0 Å². The summed E-state index contributed by atoms with van der Waals surface area (Å²) in [6.07, 6.45) is 2.63. The number of hydrogen-bond donors (Lipinski definition) is 0. The standard InChI is InChI=1S/C9H18OSi/c1-5-8(10)7-11-9(3,4)6-2/h5H,1,6-7,11H2,2-4H3. The van der Waals surface area contributed by atoms with Crippen molar-refractivity contribution in [2.75, 3.05) is 0 Å². The fourth-order valence-electron chi connectivity index (χ4n) is 0.740. The molecule has 0 radical (unpaired) electrons. The van der Waals surface area contributed by atoms with Crippen molar-refractivity contribution in [1.82, 2.24) is 0 Å². The Balaban J connectivity index is 3.69. The number of rotatable bonds is 5. The lowest BCUT2D eigenvalue weighted by Gasteiger charge is -2.20. The highest BCUT2D eigenvalue weighted by atomic mass is 28.2. The molecule has 0 aromatic heterocycles. The van der Waals surface area contributed by atoms with Crippen molar-refractivity contribution < 1.29 is 4.79 Å². The van der Waals surface area contributed by atoms with E-state index in [2.05, 4.69) is 27.4 Å². The Labute approximate surface area is 71.7 Å². The van der Waals surface area contributed by atoms with Crippen LogP contribution in [0.4, 0.5) is 0 Å². The zero-order valence-electron chi connectivity index (χ0n) is 7.81. The Bertz CT molecular complexity index is 150. The number of carbonyl (C=O) groups is 1. The van der Waals surface area contributed by atoms with E-state index in [1.54, 1.807) is 0 Å². The maximum Gasteiger partial charge on any atom is 0.151 e. The van der Waals surface area contributed by atoms with Crippen LogP contribution < -0.4 is 0 Å². The highest BCUT2D eigenvalue weighted by Gasteiger charge is 2.16. The van der Waals surface area contributed by atoms with Gasteiger partial charge in [-0.3, -0.25) is 4.79 Å². The second-order valence-corrected chi connectivity index (χ2v) is 6.60. The fraction of sp³-hybridized carbons (Fsp3) is 0.667. The molecular formula is C9H18OSi. The molecule has 0 aromatic carbocycles. The van der Waals surface area contributed by atoms with Gasteiger partial charge in [0.05, 0.1) is 0 Å². The van der Waals surface area contributed by atoms with Gasteiger partial charge < -0.3 is 0 Å². The monoisotopic (exact) mass is 170 g/mol. The van der Waals surface area contributed by atoms with Crippen molar-refractivity contribution in [3.8, 4) is 0 Å². The van der Waals surface area contributed by atoms with E-state index in [-0.39, 0.29) is 15.3 Å². The van der Waals surface area contributed by atoms with E-state index in [1.807, 2.05) is 0 Å². The van der Waals surface area contributed by atoms with Gasteiger partial charge in [0.15, 0.2) is 5.78 Å². The lowest BCUT2D eigenvalue weighted by atomic mass is 10.1.